The predicted molar refractivity (Wildman–Crippen MR) is 73.5 cm³/mol. The van der Waals surface area contributed by atoms with Gasteiger partial charge in [-0.1, -0.05) is 39.0 Å². The van der Waals surface area contributed by atoms with Crippen LogP contribution in [0, 0.1) is 5.92 Å². The second-order valence-electron chi connectivity index (χ2n) is 4.40. The molecule has 100 valence electrons. The maximum Gasteiger partial charge on any atom is 0.223 e. The number of hydrogen-bond acceptors (Lipinski definition) is 2. The van der Waals surface area contributed by atoms with Crippen LogP contribution >= 0.6 is 0 Å². The Morgan fingerprint density at radius 3 is 2.56 bits per heavy atom. The van der Waals surface area contributed by atoms with Crippen molar-refractivity contribution in [2.45, 2.75) is 33.7 Å². The highest BCUT2D eigenvalue weighted by atomic mass is 16.5. The summed E-state index contributed by atoms with van der Waals surface area (Å²) in [5.74, 6) is 1.58. The first kappa shape index (κ1) is 14.6. The lowest BCUT2D eigenvalue weighted by Crippen LogP contribution is -2.24. The van der Waals surface area contributed by atoms with Gasteiger partial charge in [0.2, 0.25) is 5.91 Å². The van der Waals surface area contributed by atoms with Crippen molar-refractivity contribution in [3.63, 3.8) is 0 Å². The second kappa shape index (κ2) is 7.04. The first-order chi connectivity index (χ1) is 8.70. The number of benzene rings is 1. The molecule has 3 heteroatoms. The van der Waals surface area contributed by atoms with Gasteiger partial charge in [-0.15, -0.1) is 0 Å². The summed E-state index contributed by atoms with van der Waals surface area (Å²) in [5.41, 5.74) is 1.08. The number of amides is 1. The average Bonchev–Trinajstić information content (AvgIpc) is 2.71. The van der Waals surface area contributed by atoms with Crippen molar-refractivity contribution in [3.05, 3.63) is 29.8 Å². The third-order valence-corrected chi connectivity index (χ3v) is 2.96. The summed E-state index contributed by atoms with van der Waals surface area (Å²) in [5, 5.41) is 0. The van der Waals surface area contributed by atoms with Crippen LogP contribution in [0.1, 0.15) is 32.8 Å². The molecular weight excluding hydrogens is 226 g/mol. The van der Waals surface area contributed by atoms with Crippen LogP contribution < -0.4 is 4.74 Å². The highest BCUT2D eigenvalue weighted by Crippen LogP contribution is 2.24. The molecule has 18 heavy (non-hydrogen) atoms. The maximum absolute atomic E-state index is 11.7. The number of nitrogens with zero attached hydrogens (tertiary/aromatic N) is 1. The van der Waals surface area contributed by atoms with E-state index >= 15 is 0 Å². The van der Waals surface area contributed by atoms with E-state index in [2.05, 4.69) is 6.92 Å². The van der Waals surface area contributed by atoms with E-state index in [1.807, 2.05) is 43.0 Å². The van der Waals surface area contributed by atoms with Gasteiger partial charge in [0, 0.05) is 25.1 Å². The lowest BCUT2D eigenvalue weighted by atomic mass is 10.1. The molecule has 0 N–H and O–H groups in total. The van der Waals surface area contributed by atoms with Crippen molar-refractivity contribution in [2.24, 2.45) is 5.92 Å². The normalized spacial score (nSPS) is 18.3. The van der Waals surface area contributed by atoms with Gasteiger partial charge in [0.05, 0.1) is 7.11 Å². The number of hydrogen-bond donors (Lipinski definition) is 0. The molecule has 0 aromatic heterocycles. The van der Waals surface area contributed by atoms with E-state index in [1.165, 1.54) is 0 Å². The van der Waals surface area contributed by atoms with Crippen molar-refractivity contribution in [1.82, 2.24) is 4.90 Å². The zero-order chi connectivity index (χ0) is 13.5. The molecule has 1 saturated heterocycles. The van der Waals surface area contributed by atoms with Gasteiger partial charge in [-0.3, -0.25) is 4.79 Å². The third-order valence-electron chi connectivity index (χ3n) is 2.96. The largest absolute Gasteiger partial charge is 0.496 e. The quantitative estimate of drug-likeness (QED) is 0.824. The van der Waals surface area contributed by atoms with Crippen LogP contribution in [-0.4, -0.2) is 24.5 Å². The van der Waals surface area contributed by atoms with E-state index in [0.717, 1.165) is 17.9 Å². The van der Waals surface area contributed by atoms with Gasteiger partial charge in [0.1, 0.15) is 5.75 Å². The van der Waals surface area contributed by atoms with E-state index < -0.39 is 0 Å². The number of carbonyl (C=O) groups excluding carboxylic acids is 1. The minimum atomic E-state index is 0.249. The molecule has 1 atom stereocenters. The molecule has 0 spiro atoms. The lowest BCUT2D eigenvalue weighted by Gasteiger charge is -2.17. The van der Waals surface area contributed by atoms with Crippen molar-refractivity contribution in [3.8, 4) is 5.75 Å². The molecule has 1 aromatic carbocycles. The van der Waals surface area contributed by atoms with Crippen LogP contribution in [0.3, 0.4) is 0 Å². The third kappa shape index (κ3) is 3.49. The molecule has 1 amide bonds. The van der Waals surface area contributed by atoms with Crippen LogP contribution in [0.15, 0.2) is 24.3 Å². The zero-order valence-electron chi connectivity index (χ0n) is 11.8. The fourth-order valence-corrected chi connectivity index (χ4v) is 2.16. The Balaban J connectivity index is 0.000000771. The van der Waals surface area contributed by atoms with E-state index in [-0.39, 0.29) is 5.91 Å². The van der Waals surface area contributed by atoms with Crippen molar-refractivity contribution < 1.29 is 9.53 Å². The fourth-order valence-electron chi connectivity index (χ4n) is 2.16. The molecule has 1 fully saturated rings. The SMILES string of the molecule is CC.COc1ccccc1CN1CC(C)CC1=O. The summed E-state index contributed by atoms with van der Waals surface area (Å²) >= 11 is 0. The highest BCUT2D eigenvalue weighted by Gasteiger charge is 2.26. The minimum Gasteiger partial charge on any atom is -0.496 e. The molecule has 1 unspecified atom stereocenters. The Morgan fingerprint density at radius 1 is 1.33 bits per heavy atom. The topological polar surface area (TPSA) is 29.5 Å². The fraction of sp³-hybridized carbons (Fsp3) is 0.533. The number of rotatable bonds is 3. The second-order valence-corrected chi connectivity index (χ2v) is 4.40. The Bertz CT molecular complexity index is 390. The van der Waals surface area contributed by atoms with E-state index in [0.29, 0.717) is 18.9 Å². The first-order valence-electron chi connectivity index (χ1n) is 6.60. The minimum absolute atomic E-state index is 0.249. The van der Waals surface area contributed by atoms with Crippen molar-refractivity contribution in [1.29, 1.82) is 0 Å². The maximum atomic E-state index is 11.7. The van der Waals surface area contributed by atoms with Crippen molar-refractivity contribution in [2.75, 3.05) is 13.7 Å². The van der Waals surface area contributed by atoms with Crippen LogP contribution in [-0.2, 0) is 11.3 Å². The molecule has 3 nitrogen and oxygen atoms in total. The van der Waals surface area contributed by atoms with Crippen LogP contribution in [0.4, 0.5) is 0 Å². The van der Waals surface area contributed by atoms with Gasteiger partial charge in [0.25, 0.3) is 0 Å². The number of likely N-dealkylation sites (tertiary alicyclic amines) is 1. The molecule has 1 heterocycles. The van der Waals surface area contributed by atoms with Gasteiger partial charge in [-0.2, -0.15) is 0 Å². The summed E-state index contributed by atoms with van der Waals surface area (Å²) < 4.78 is 5.28. The first-order valence-corrected chi connectivity index (χ1v) is 6.60. The number of methoxy groups -OCH3 is 1. The lowest BCUT2D eigenvalue weighted by molar-refractivity contribution is -0.128. The van der Waals surface area contributed by atoms with Gasteiger partial charge >= 0.3 is 0 Å². The molecule has 1 aliphatic rings. The monoisotopic (exact) mass is 249 g/mol. The molecule has 0 aliphatic carbocycles. The molecule has 1 aromatic rings. The zero-order valence-corrected chi connectivity index (χ0v) is 11.8. The molecule has 0 radical (unpaired) electrons. The summed E-state index contributed by atoms with van der Waals surface area (Å²) in [6, 6.07) is 7.85. The highest BCUT2D eigenvalue weighted by molar-refractivity contribution is 5.78. The summed E-state index contributed by atoms with van der Waals surface area (Å²) in [7, 11) is 1.66. The molecule has 0 saturated carbocycles. The van der Waals surface area contributed by atoms with Gasteiger partial charge in [-0.25, -0.2) is 0 Å². The van der Waals surface area contributed by atoms with Gasteiger partial charge in [-0.05, 0) is 12.0 Å². The molecule has 2 rings (SSSR count). The smallest absolute Gasteiger partial charge is 0.223 e. The molecule has 0 bridgehead atoms. The Kier molecular flexibility index (Phi) is 5.69. The molecular formula is C15H23NO2. The number of para-hydroxylation sites is 1. The van der Waals surface area contributed by atoms with Crippen LogP contribution in [0.25, 0.3) is 0 Å². The van der Waals surface area contributed by atoms with Crippen LogP contribution in [0.5, 0.6) is 5.75 Å². The molecule has 1 aliphatic heterocycles. The standard InChI is InChI=1S/C13H17NO2.C2H6/c1-10-7-13(15)14(8-10)9-11-5-3-4-6-12(11)16-2;1-2/h3-6,10H,7-9H2,1-2H3;1-2H3. The number of ether oxygens (including phenoxy) is 1. The Labute approximate surface area is 110 Å². The summed E-state index contributed by atoms with van der Waals surface area (Å²) in [4.78, 5) is 13.6. The van der Waals surface area contributed by atoms with E-state index in [1.54, 1.807) is 7.11 Å². The number of carbonyl (C=O) groups is 1. The summed E-state index contributed by atoms with van der Waals surface area (Å²) in [6.45, 7) is 7.63. The predicted octanol–water partition coefficient (Wildman–Crippen LogP) is 3.09. The van der Waals surface area contributed by atoms with E-state index in [9.17, 15) is 4.79 Å². The van der Waals surface area contributed by atoms with Crippen molar-refractivity contribution >= 4 is 5.91 Å². The Hall–Kier alpha value is -1.51. The van der Waals surface area contributed by atoms with Crippen LogP contribution in [0.2, 0.25) is 0 Å². The Morgan fingerprint density at radius 2 is 2.00 bits per heavy atom. The average molecular weight is 249 g/mol. The summed E-state index contributed by atoms with van der Waals surface area (Å²) in [6.07, 6.45) is 0.676. The van der Waals surface area contributed by atoms with E-state index in [4.69, 9.17) is 4.74 Å². The van der Waals surface area contributed by atoms with Gasteiger partial charge in [0.15, 0.2) is 0 Å². The van der Waals surface area contributed by atoms with Gasteiger partial charge < -0.3 is 9.64 Å².